The molecule has 0 spiro atoms. The fourth-order valence-corrected chi connectivity index (χ4v) is 5.45. The number of nitrogens with one attached hydrogen (secondary N) is 2. The molecule has 1 fully saturated rings. The van der Waals surface area contributed by atoms with E-state index < -0.39 is 0 Å². The minimum Gasteiger partial charge on any atom is -0.437 e. The second kappa shape index (κ2) is 13.2. The number of carbonyl (C=O) groups excluding carboxylic acids is 1. The first kappa shape index (κ1) is 29.8. The van der Waals surface area contributed by atoms with Gasteiger partial charge < -0.3 is 24.8 Å². The molecular formula is C35H37N7O3. The van der Waals surface area contributed by atoms with Crippen LogP contribution in [0.2, 0.25) is 0 Å². The average Bonchev–Trinajstić information content (AvgIpc) is 3.59. The highest BCUT2D eigenvalue weighted by Gasteiger charge is 2.22. The summed E-state index contributed by atoms with van der Waals surface area (Å²) in [5.41, 5.74) is 5.50. The molecule has 0 unspecified atom stereocenters. The van der Waals surface area contributed by atoms with Crippen LogP contribution >= 0.6 is 0 Å². The molecule has 5 aromatic rings. The van der Waals surface area contributed by atoms with Gasteiger partial charge in [-0.3, -0.25) is 9.69 Å². The smallest absolute Gasteiger partial charge is 0.262 e. The van der Waals surface area contributed by atoms with Crippen molar-refractivity contribution in [2.45, 2.75) is 33.7 Å². The molecule has 230 valence electrons. The largest absolute Gasteiger partial charge is 0.437 e. The fraction of sp³-hybridized carbons (Fsp3) is 0.257. The third-order valence-electron chi connectivity index (χ3n) is 8.05. The van der Waals surface area contributed by atoms with Gasteiger partial charge in [-0.15, -0.1) is 0 Å². The summed E-state index contributed by atoms with van der Waals surface area (Å²) in [5, 5.41) is 10.1. The van der Waals surface area contributed by atoms with Crippen molar-refractivity contribution >= 4 is 28.9 Å². The van der Waals surface area contributed by atoms with E-state index in [4.69, 9.17) is 9.26 Å². The first-order chi connectivity index (χ1) is 21.9. The predicted molar refractivity (Wildman–Crippen MR) is 177 cm³/mol. The third-order valence-corrected chi connectivity index (χ3v) is 8.05. The van der Waals surface area contributed by atoms with E-state index in [0.717, 1.165) is 48.7 Å². The number of aryl methyl sites for hydroxylation is 2. The number of piperazine rings is 1. The lowest BCUT2D eigenvalue weighted by molar-refractivity contribution is 0.102. The van der Waals surface area contributed by atoms with Crippen molar-refractivity contribution in [1.29, 1.82) is 0 Å². The molecular weight excluding hydrogens is 566 g/mol. The zero-order chi connectivity index (χ0) is 31.3. The number of ether oxygens (including phenoxy) is 1. The number of amides is 1. The van der Waals surface area contributed by atoms with Crippen LogP contribution in [0.5, 0.6) is 11.6 Å². The van der Waals surface area contributed by atoms with Crippen LogP contribution in [-0.2, 0) is 0 Å². The van der Waals surface area contributed by atoms with E-state index >= 15 is 0 Å². The van der Waals surface area contributed by atoms with Crippen molar-refractivity contribution in [3.05, 3.63) is 102 Å². The Bertz CT molecular complexity index is 1740. The van der Waals surface area contributed by atoms with Gasteiger partial charge in [0.05, 0.1) is 11.8 Å². The van der Waals surface area contributed by atoms with Gasteiger partial charge in [0.2, 0.25) is 11.8 Å². The highest BCUT2D eigenvalue weighted by Crippen LogP contribution is 2.34. The summed E-state index contributed by atoms with van der Waals surface area (Å²) in [6, 6.07) is 23.8. The summed E-state index contributed by atoms with van der Waals surface area (Å²) >= 11 is 0. The van der Waals surface area contributed by atoms with Gasteiger partial charge in [0.25, 0.3) is 5.91 Å². The molecule has 1 aliphatic heterocycles. The number of aromatic nitrogens is 3. The van der Waals surface area contributed by atoms with Crippen molar-refractivity contribution in [3.63, 3.8) is 0 Å². The van der Waals surface area contributed by atoms with Gasteiger partial charge in [0, 0.05) is 61.5 Å². The molecule has 0 radical (unpaired) electrons. The topological polar surface area (TPSA) is 109 Å². The van der Waals surface area contributed by atoms with Crippen molar-refractivity contribution in [2.24, 2.45) is 0 Å². The Kier molecular flexibility index (Phi) is 8.74. The fourth-order valence-electron chi connectivity index (χ4n) is 5.45. The molecule has 6 rings (SSSR count). The van der Waals surface area contributed by atoms with Crippen LogP contribution in [-0.4, -0.2) is 58.2 Å². The SMILES string of the molecule is Cc1cccc(C)c1NC(=O)c1cnc(Nc2ccc(N3CCN(C(C)C)CC3)cc2)nc1Oc1ccccc1-c1ccno1. The molecule has 3 heterocycles. The van der Waals surface area contributed by atoms with Crippen molar-refractivity contribution in [2.75, 3.05) is 41.7 Å². The number of anilines is 4. The molecule has 3 aromatic carbocycles. The molecule has 0 saturated carbocycles. The Morgan fingerprint density at radius 1 is 0.911 bits per heavy atom. The molecule has 10 heteroatoms. The summed E-state index contributed by atoms with van der Waals surface area (Å²) in [7, 11) is 0. The second-order valence-corrected chi connectivity index (χ2v) is 11.4. The molecule has 1 saturated heterocycles. The summed E-state index contributed by atoms with van der Waals surface area (Å²) < 4.78 is 11.7. The lowest BCUT2D eigenvalue weighted by Crippen LogP contribution is -2.48. The quantitative estimate of drug-likeness (QED) is 0.183. The summed E-state index contributed by atoms with van der Waals surface area (Å²) in [6.45, 7) is 12.5. The Balaban J connectivity index is 1.27. The zero-order valence-electron chi connectivity index (χ0n) is 25.9. The molecule has 1 amide bonds. The van der Waals surface area contributed by atoms with Crippen LogP contribution in [0.1, 0.15) is 35.3 Å². The van der Waals surface area contributed by atoms with Crippen LogP contribution in [0.15, 0.2) is 89.7 Å². The standard InChI is InChI=1S/C35H37N7O3/c1-23(2)41-18-20-42(21-19-41)27-14-12-26(13-15-27)38-35-36-22-29(33(43)39-32-24(3)8-7-9-25(32)4)34(40-35)44-30-11-6-5-10-28(30)31-16-17-37-45-31/h5-17,22-23H,18-21H2,1-4H3,(H,39,43)(H,36,38,40). The van der Waals surface area contributed by atoms with Crippen LogP contribution in [0.3, 0.4) is 0 Å². The Hall–Kier alpha value is -5.22. The van der Waals surface area contributed by atoms with Crippen LogP contribution in [0.4, 0.5) is 23.0 Å². The van der Waals surface area contributed by atoms with E-state index in [0.29, 0.717) is 29.1 Å². The lowest BCUT2D eigenvalue weighted by Gasteiger charge is -2.38. The number of nitrogens with zero attached hydrogens (tertiary/aromatic N) is 5. The molecule has 2 aromatic heterocycles. The van der Waals surface area contributed by atoms with E-state index in [-0.39, 0.29) is 17.4 Å². The highest BCUT2D eigenvalue weighted by molar-refractivity contribution is 6.06. The first-order valence-corrected chi connectivity index (χ1v) is 15.1. The van der Waals surface area contributed by atoms with E-state index in [1.165, 1.54) is 11.9 Å². The predicted octanol–water partition coefficient (Wildman–Crippen LogP) is 7.07. The summed E-state index contributed by atoms with van der Waals surface area (Å²) in [6.07, 6.45) is 3.05. The third kappa shape index (κ3) is 6.81. The number of hydrogen-bond acceptors (Lipinski definition) is 9. The van der Waals surface area contributed by atoms with E-state index in [9.17, 15) is 4.79 Å². The average molecular weight is 604 g/mol. The number of hydrogen-bond donors (Lipinski definition) is 2. The van der Waals surface area contributed by atoms with Crippen LogP contribution in [0, 0.1) is 13.8 Å². The molecule has 45 heavy (non-hydrogen) atoms. The molecule has 2 N–H and O–H groups in total. The zero-order valence-corrected chi connectivity index (χ0v) is 25.9. The molecule has 0 aliphatic carbocycles. The summed E-state index contributed by atoms with van der Waals surface area (Å²) in [4.78, 5) is 27.7. The molecule has 0 atom stereocenters. The van der Waals surface area contributed by atoms with Gasteiger partial charge in [0.1, 0.15) is 11.3 Å². The Morgan fingerprint density at radius 3 is 2.33 bits per heavy atom. The highest BCUT2D eigenvalue weighted by atomic mass is 16.5. The van der Waals surface area contributed by atoms with E-state index in [1.807, 2.05) is 62.4 Å². The molecule has 0 bridgehead atoms. The Morgan fingerprint density at radius 2 is 1.64 bits per heavy atom. The minimum absolute atomic E-state index is 0.0999. The maximum Gasteiger partial charge on any atom is 0.262 e. The first-order valence-electron chi connectivity index (χ1n) is 15.1. The number of carbonyl (C=O) groups is 1. The van der Waals surface area contributed by atoms with Gasteiger partial charge in [-0.1, -0.05) is 35.5 Å². The normalized spacial score (nSPS) is 13.6. The maximum absolute atomic E-state index is 13.6. The van der Waals surface area contributed by atoms with Crippen molar-refractivity contribution < 1.29 is 14.1 Å². The van der Waals surface area contributed by atoms with E-state index in [2.05, 4.69) is 61.5 Å². The maximum atomic E-state index is 13.6. The monoisotopic (exact) mass is 603 g/mol. The number of para-hydroxylation sites is 2. The second-order valence-electron chi connectivity index (χ2n) is 11.4. The van der Waals surface area contributed by atoms with Gasteiger partial charge >= 0.3 is 0 Å². The molecule has 10 nitrogen and oxygen atoms in total. The number of benzene rings is 3. The van der Waals surface area contributed by atoms with Crippen molar-refractivity contribution in [1.82, 2.24) is 20.0 Å². The van der Waals surface area contributed by atoms with Gasteiger partial charge in [-0.2, -0.15) is 4.98 Å². The summed E-state index contributed by atoms with van der Waals surface area (Å²) in [5.74, 6) is 1.01. The van der Waals surface area contributed by atoms with Gasteiger partial charge in [0.15, 0.2) is 5.76 Å². The van der Waals surface area contributed by atoms with Gasteiger partial charge in [-0.25, -0.2) is 4.98 Å². The van der Waals surface area contributed by atoms with Crippen LogP contribution in [0.25, 0.3) is 11.3 Å². The Labute approximate surface area is 263 Å². The lowest BCUT2D eigenvalue weighted by atomic mass is 10.1. The number of rotatable bonds is 9. The van der Waals surface area contributed by atoms with E-state index in [1.54, 1.807) is 18.3 Å². The van der Waals surface area contributed by atoms with Crippen molar-refractivity contribution in [3.8, 4) is 23.0 Å². The molecule has 1 aliphatic rings. The van der Waals surface area contributed by atoms with Crippen LogP contribution < -0.4 is 20.3 Å². The van der Waals surface area contributed by atoms with Gasteiger partial charge in [-0.05, 0) is 75.2 Å². The minimum atomic E-state index is -0.381.